The van der Waals surface area contributed by atoms with E-state index in [2.05, 4.69) is 4.98 Å². The highest BCUT2D eigenvalue weighted by molar-refractivity contribution is 6.58. The van der Waals surface area contributed by atoms with E-state index in [1.807, 2.05) is 18.2 Å². The van der Waals surface area contributed by atoms with E-state index in [1.54, 1.807) is 12.1 Å². The van der Waals surface area contributed by atoms with Gasteiger partial charge in [-0.15, -0.1) is 0 Å². The average molecular weight is 203 g/mol. The van der Waals surface area contributed by atoms with Gasteiger partial charge in [-0.25, -0.2) is 0 Å². The number of ether oxygens (including phenoxy) is 1. The molecule has 15 heavy (non-hydrogen) atoms. The van der Waals surface area contributed by atoms with Crippen molar-refractivity contribution >= 4 is 23.6 Å². The Morgan fingerprint density at radius 3 is 2.67 bits per heavy atom. The molecule has 0 bridgehead atoms. The van der Waals surface area contributed by atoms with Crippen LogP contribution in [0.25, 0.3) is 10.9 Å². The molecule has 0 fully saturated rings. The van der Waals surface area contributed by atoms with E-state index >= 15 is 0 Å². The number of fused-ring (bicyclic) bond motifs is 1. The number of nitrogens with zero attached hydrogens (tertiary/aromatic N) is 1. The molecule has 76 valence electrons. The Morgan fingerprint density at radius 2 is 2.00 bits per heavy atom. The van der Waals surface area contributed by atoms with Gasteiger partial charge in [0.15, 0.2) is 0 Å². The SMILES string of the molecule is COc1cc2ccccc2nc1B(O)O. The molecule has 0 spiro atoms. The van der Waals surface area contributed by atoms with Crippen molar-refractivity contribution in [3.8, 4) is 5.75 Å². The third-order valence-electron chi connectivity index (χ3n) is 2.18. The zero-order chi connectivity index (χ0) is 10.8. The largest absolute Gasteiger partial charge is 0.512 e. The highest BCUT2D eigenvalue weighted by Gasteiger charge is 2.19. The molecule has 2 aromatic rings. The Morgan fingerprint density at radius 1 is 1.27 bits per heavy atom. The van der Waals surface area contributed by atoms with Crippen LogP contribution in [0.15, 0.2) is 30.3 Å². The number of para-hydroxylation sites is 1. The lowest BCUT2D eigenvalue weighted by molar-refractivity contribution is 0.401. The Hall–Kier alpha value is -1.59. The average Bonchev–Trinajstić information content (AvgIpc) is 2.27. The first-order chi connectivity index (χ1) is 7.22. The predicted octanol–water partition coefficient (Wildman–Crippen LogP) is -0.0768. The van der Waals surface area contributed by atoms with Crippen LogP contribution in [-0.2, 0) is 0 Å². The second-order valence-electron chi connectivity index (χ2n) is 3.14. The number of methoxy groups -OCH3 is 1. The maximum atomic E-state index is 9.11. The Labute approximate surface area is 87.3 Å². The summed E-state index contributed by atoms with van der Waals surface area (Å²) in [5.74, 6) is 0.378. The van der Waals surface area contributed by atoms with Gasteiger partial charge in [0.05, 0.1) is 12.6 Å². The number of hydrogen-bond donors (Lipinski definition) is 2. The number of rotatable bonds is 2. The van der Waals surface area contributed by atoms with E-state index in [9.17, 15) is 0 Å². The van der Waals surface area contributed by atoms with Gasteiger partial charge in [0.25, 0.3) is 0 Å². The molecule has 0 unspecified atom stereocenters. The second-order valence-corrected chi connectivity index (χ2v) is 3.14. The summed E-state index contributed by atoms with van der Waals surface area (Å²) in [5, 5.41) is 19.1. The van der Waals surface area contributed by atoms with Gasteiger partial charge in [-0.3, -0.25) is 4.98 Å². The summed E-state index contributed by atoms with van der Waals surface area (Å²) >= 11 is 0. The van der Waals surface area contributed by atoms with Gasteiger partial charge in [0.2, 0.25) is 0 Å². The van der Waals surface area contributed by atoms with Gasteiger partial charge in [-0.05, 0) is 12.1 Å². The van der Waals surface area contributed by atoms with Crippen molar-refractivity contribution in [3.63, 3.8) is 0 Å². The zero-order valence-electron chi connectivity index (χ0n) is 8.21. The van der Waals surface area contributed by atoms with Crippen molar-refractivity contribution < 1.29 is 14.8 Å². The maximum Gasteiger partial charge on any atom is 0.512 e. The van der Waals surface area contributed by atoms with Gasteiger partial charge in [0.1, 0.15) is 11.3 Å². The highest BCUT2D eigenvalue weighted by atomic mass is 16.5. The van der Waals surface area contributed by atoms with E-state index < -0.39 is 7.12 Å². The van der Waals surface area contributed by atoms with Crippen LogP contribution in [0.1, 0.15) is 0 Å². The molecule has 1 aromatic carbocycles. The van der Waals surface area contributed by atoms with Crippen LogP contribution in [0.5, 0.6) is 5.75 Å². The summed E-state index contributed by atoms with van der Waals surface area (Å²) in [4.78, 5) is 4.12. The maximum absolute atomic E-state index is 9.11. The van der Waals surface area contributed by atoms with Crippen molar-refractivity contribution in [1.29, 1.82) is 0 Å². The van der Waals surface area contributed by atoms with Gasteiger partial charge in [-0.2, -0.15) is 0 Å². The summed E-state index contributed by atoms with van der Waals surface area (Å²) in [5.41, 5.74) is 0.845. The molecule has 0 atom stereocenters. The minimum absolute atomic E-state index is 0.135. The number of aromatic nitrogens is 1. The van der Waals surface area contributed by atoms with Crippen LogP contribution in [0.2, 0.25) is 0 Å². The van der Waals surface area contributed by atoms with Crippen LogP contribution < -0.4 is 10.3 Å². The lowest BCUT2D eigenvalue weighted by Crippen LogP contribution is -2.34. The number of pyridine rings is 1. The monoisotopic (exact) mass is 203 g/mol. The minimum atomic E-state index is -1.62. The molecule has 0 aliphatic heterocycles. The molecule has 0 aliphatic carbocycles. The first-order valence-corrected chi connectivity index (χ1v) is 4.52. The van der Waals surface area contributed by atoms with E-state index in [1.165, 1.54) is 7.11 Å². The minimum Gasteiger partial charge on any atom is -0.495 e. The molecule has 0 saturated carbocycles. The van der Waals surface area contributed by atoms with Gasteiger partial charge in [0, 0.05) is 5.39 Å². The molecule has 0 saturated heterocycles. The van der Waals surface area contributed by atoms with Crippen LogP contribution in [0.3, 0.4) is 0 Å². The van der Waals surface area contributed by atoms with Crippen LogP contribution in [0, 0.1) is 0 Å². The first-order valence-electron chi connectivity index (χ1n) is 4.52. The zero-order valence-corrected chi connectivity index (χ0v) is 8.21. The summed E-state index contributed by atoms with van der Waals surface area (Å²) < 4.78 is 5.03. The number of hydrogen-bond acceptors (Lipinski definition) is 4. The van der Waals surface area contributed by atoms with E-state index in [0.29, 0.717) is 11.3 Å². The van der Waals surface area contributed by atoms with Crippen molar-refractivity contribution in [2.24, 2.45) is 0 Å². The molecule has 0 aliphatic rings. The molecular weight excluding hydrogens is 193 g/mol. The molecule has 4 nitrogen and oxygen atoms in total. The highest BCUT2D eigenvalue weighted by Crippen LogP contribution is 2.16. The second kappa shape index (κ2) is 3.88. The van der Waals surface area contributed by atoms with E-state index in [0.717, 1.165) is 5.39 Å². The summed E-state index contributed by atoms with van der Waals surface area (Å²) in [6.07, 6.45) is 0. The Bertz CT molecular complexity index is 487. The van der Waals surface area contributed by atoms with Crippen molar-refractivity contribution in [3.05, 3.63) is 30.3 Å². The van der Waals surface area contributed by atoms with Gasteiger partial charge >= 0.3 is 7.12 Å². The van der Waals surface area contributed by atoms with Crippen LogP contribution >= 0.6 is 0 Å². The fourth-order valence-corrected chi connectivity index (χ4v) is 1.46. The molecule has 5 heteroatoms. The van der Waals surface area contributed by atoms with Crippen LogP contribution in [-0.4, -0.2) is 29.3 Å². The molecule has 0 radical (unpaired) electrons. The van der Waals surface area contributed by atoms with Crippen molar-refractivity contribution in [1.82, 2.24) is 4.98 Å². The van der Waals surface area contributed by atoms with Crippen molar-refractivity contribution in [2.45, 2.75) is 0 Å². The predicted molar refractivity (Wildman–Crippen MR) is 58.1 cm³/mol. The molecule has 1 aromatic heterocycles. The molecule has 2 rings (SSSR count). The normalized spacial score (nSPS) is 10.3. The summed E-state index contributed by atoms with van der Waals surface area (Å²) in [6, 6.07) is 9.16. The quantitative estimate of drug-likeness (QED) is 0.670. The van der Waals surface area contributed by atoms with Gasteiger partial charge in [-0.1, -0.05) is 18.2 Å². The third kappa shape index (κ3) is 1.79. The number of benzene rings is 1. The fraction of sp³-hybridized carbons (Fsp3) is 0.100. The third-order valence-corrected chi connectivity index (χ3v) is 2.18. The summed E-state index contributed by atoms with van der Waals surface area (Å²) in [6.45, 7) is 0. The lowest BCUT2D eigenvalue weighted by atomic mass is 9.84. The standard InChI is InChI=1S/C10H10BNO3/c1-15-9-6-7-4-2-3-5-8(7)12-10(9)11(13)14/h2-6,13-14H,1H3. The smallest absolute Gasteiger partial charge is 0.495 e. The molecule has 1 heterocycles. The molecule has 0 amide bonds. The van der Waals surface area contributed by atoms with E-state index in [-0.39, 0.29) is 5.59 Å². The topological polar surface area (TPSA) is 62.6 Å². The van der Waals surface area contributed by atoms with Gasteiger partial charge < -0.3 is 14.8 Å². The van der Waals surface area contributed by atoms with Crippen LogP contribution in [0.4, 0.5) is 0 Å². The lowest BCUT2D eigenvalue weighted by Gasteiger charge is -2.08. The van der Waals surface area contributed by atoms with E-state index in [4.69, 9.17) is 14.8 Å². The molecule has 2 N–H and O–H groups in total. The van der Waals surface area contributed by atoms with Crippen molar-refractivity contribution in [2.75, 3.05) is 7.11 Å². The fourth-order valence-electron chi connectivity index (χ4n) is 1.46. The Kier molecular flexibility index (Phi) is 2.57. The summed E-state index contributed by atoms with van der Waals surface area (Å²) in [7, 11) is -0.151. The first kappa shape index (κ1) is 9.95. The Balaban J connectivity index is 2.69. The molecular formula is C10H10BNO3.